The van der Waals surface area contributed by atoms with E-state index in [-0.39, 0.29) is 0 Å². The van der Waals surface area contributed by atoms with E-state index in [4.69, 9.17) is 22.3 Å². The van der Waals surface area contributed by atoms with Crippen LogP contribution in [0.4, 0.5) is 8.78 Å². The van der Waals surface area contributed by atoms with Crippen molar-refractivity contribution in [3.8, 4) is 5.75 Å². The van der Waals surface area contributed by atoms with E-state index in [1.807, 2.05) is 0 Å². The van der Waals surface area contributed by atoms with Crippen LogP contribution in [0.1, 0.15) is 5.56 Å². The average Bonchev–Trinajstić information content (AvgIpc) is 2.08. The van der Waals surface area contributed by atoms with E-state index < -0.39 is 42.8 Å². The van der Waals surface area contributed by atoms with Gasteiger partial charge in [-0.1, -0.05) is 11.6 Å². The number of benzene rings is 1. The fourth-order valence-electron chi connectivity index (χ4n) is 0.939. The molecule has 0 bridgehead atoms. The number of aromatic hydroxyl groups is 1. The van der Waals surface area contributed by atoms with Crippen LogP contribution < -0.4 is 0 Å². The van der Waals surface area contributed by atoms with Crippen molar-refractivity contribution in [2.24, 2.45) is 0 Å². The van der Waals surface area contributed by atoms with Crippen molar-refractivity contribution < 1.29 is 22.3 Å². The van der Waals surface area contributed by atoms with Gasteiger partial charge in [-0.15, -0.1) is 0 Å². The highest BCUT2D eigenvalue weighted by Crippen LogP contribution is 2.33. The van der Waals surface area contributed by atoms with Crippen molar-refractivity contribution >= 4 is 31.3 Å². The van der Waals surface area contributed by atoms with Crippen molar-refractivity contribution in [1.29, 1.82) is 0 Å². The summed E-state index contributed by atoms with van der Waals surface area (Å²) in [4.78, 5) is 0. The second-order valence-corrected chi connectivity index (χ2v) is 5.85. The minimum atomic E-state index is -4.11. The quantitative estimate of drug-likeness (QED) is 0.667. The first-order valence-electron chi connectivity index (χ1n) is 3.50. The van der Waals surface area contributed by atoms with Gasteiger partial charge in [-0.3, -0.25) is 0 Å². The predicted molar refractivity (Wildman–Crippen MR) is 51.5 cm³/mol. The predicted octanol–water partition coefficient (Wildman–Crippen LogP) is 2.39. The summed E-state index contributed by atoms with van der Waals surface area (Å²) in [5.41, 5.74) is -0.782. The monoisotopic (exact) mass is 276 g/mol. The summed E-state index contributed by atoms with van der Waals surface area (Å²) in [6, 6.07) is 0.538. The summed E-state index contributed by atoms with van der Waals surface area (Å²) in [7, 11) is 0.736. The molecule has 0 atom stereocenters. The molecule has 0 saturated carbocycles. The number of phenols is 1. The van der Waals surface area contributed by atoms with Crippen molar-refractivity contribution in [2.75, 3.05) is 0 Å². The van der Waals surface area contributed by atoms with Gasteiger partial charge in [0.25, 0.3) is 0 Å². The minimum Gasteiger partial charge on any atom is -0.506 e. The molecular weight excluding hydrogens is 273 g/mol. The zero-order valence-corrected chi connectivity index (χ0v) is 9.30. The lowest BCUT2D eigenvalue weighted by atomic mass is 10.2. The number of halogens is 4. The molecule has 8 heteroatoms. The van der Waals surface area contributed by atoms with Crippen molar-refractivity contribution in [3.05, 3.63) is 28.3 Å². The summed E-state index contributed by atoms with van der Waals surface area (Å²) in [6.45, 7) is 0. The lowest BCUT2D eigenvalue weighted by molar-refractivity contribution is 0.445. The highest BCUT2D eigenvalue weighted by atomic mass is 35.7. The van der Waals surface area contributed by atoms with Gasteiger partial charge >= 0.3 is 0 Å². The van der Waals surface area contributed by atoms with Crippen LogP contribution in [0.15, 0.2) is 6.07 Å². The molecule has 0 saturated heterocycles. The van der Waals surface area contributed by atoms with Crippen LogP contribution in [-0.4, -0.2) is 13.5 Å². The fourth-order valence-corrected chi connectivity index (χ4v) is 2.08. The fraction of sp³-hybridized carbons (Fsp3) is 0.143. The van der Waals surface area contributed by atoms with Crippen molar-refractivity contribution in [2.45, 2.75) is 5.75 Å². The van der Waals surface area contributed by atoms with E-state index >= 15 is 0 Å². The van der Waals surface area contributed by atoms with Crippen molar-refractivity contribution in [3.63, 3.8) is 0 Å². The molecular formula is C7H4Cl2F2O3S. The Kier molecular flexibility index (Phi) is 3.42. The summed E-state index contributed by atoms with van der Waals surface area (Å²) >= 11 is 5.33. The maximum atomic E-state index is 13.1. The molecule has 1 rings (SSSR count). The van der Waals surface area contributed by atoms with E-state index in [0.29, 0.717) is 6.07 Å². The average molecular weight is 277 g/mol. The van der Waals surface area contributed by atoms with Gasteiger partial charge in [-0.25, -0.2) is 17.2 Å². The van der Waals surface area contributed by atoms with Gasteiger partial charge in [0, 0.05) is 10.7 Å². The first-order chi connectivity index (χ1) is 6.72. The molecule has 0 amide bonds. The Bertz CT molecular complexity index is 475. The Morgan fingerprint density at radius 2 is 1.93 bits per heavy atom. The number of hydrogen-bond donors (Lipinski definition) is 1. The highest BCUT2D eigenvalue weighted by Gasteiger charge is 2.21. The molecule has 84 valence electrons. The van der Waals surface area contributed by atoms with Crippen LogP contribution >= 0.6 is 22.3 Å². The second kappa shape index (κ2) is 4.11. The molecule has 0 fully saturated rings. The lowest BCUT2D eigenvalue weighted by Gasteiger charge is -2.06. The third kappa shape index (κ3) is 2.93. The number of rotatable bonds is 2. The van der Waals surface area contributed by atoms with Crippen LogP contribution in [0.25, 0.3) is 0 Å². The van der Waals surface area contributed by atoms with Crippen LogP contribution in [-0.2, 0) is 14.8 Å². The molecule has 1 aromatic rings. The maximum absolute atomic E-state index is 13.1. The Morgan fingerprint density at radius 3 is 2.40 bits per heavy atom. The van der Waals surface area contributed by atoms with Crippen LogP contribution in [0, 0.1) is 11.6 Å². The topological polar surface area (TPSA) is 54.4 Å². The number of phenolic OH excluding ortho intramolecular Hbond substituents is 1. The molecule has 0 aromatic heterocycles. The van der Waals surface area contributed by atoms with Gasteiger partial charge in [-0.05, 0) is 6.07 Å². The molecule has 0 unspecified atom stereocenters. The molecule has 0 aliphatic heterocycles. The van der Waals surface area contributed by atoms with E-state index in [1.54, 1.807) is 0 Å². The van der Waals surface area contributed by atoms with Gasteiger partial charge in [0.2, 0.25) is 9.05 Å². The Hall–Kier alpha value is -0.590. The molecule has 15 heavy (non-hydrogen) atoms. The van der Waals surface area contributed by atoms with Crippen molar-refractivity contribution in [1.82, 2.24) is 0 Å². The van der Waals surface area contributed by atoms with E-state index in [2.05, 4.69) is 0 Å². The molecule has 3 nitrogen and oxygen atoms in total. The van der Waals surface area contributed by atoms with E-state index in [1.165, 1.54) is 0 Å². The third-order valence-electron chi connectivity index (χ3n) is 1.56. The van der Waals surface area contributed by atoms with Gasteiger partial charge in [0.1, 0.15) is 5.75 Å². The Balaban J connectivity index is 3.40. The standard InChI is InChI=1S/C7H4Cl2F2O3S/c8-4-1-5(10)6(11)3(7(4)12)2-15(9,13)14/h1,12H,2H2. The first kappa shape index (κ1) is 12.5. The summed E-state index contributed by atoms with van der Waals surface area (Å²) in [6.07, 6.45) is 0. The zero-order chi connectivity index (χ0) is 11.8. The summed E-state index contributed by atoms with van der Waals surface area (Å²) in [5, 5.41) is 8.72. The van der Waals surface area contributed by atoms with Crippen LogP contribution in [0.3, 0.4) is 0 Å². The summed E-state index contributed by atoms with van der Waals surface area (Å²) in [5.74, 6) is -4.71. The normalized spacial score (nSPS) is 11.7. The zero-order valence-electron chi connectivity index (χ0n) is 6.97. The molecule has 0 spiro atoms. The minimum absolute atomic E-state index is 0.482. The second-order valence-electron chi connectivity index (χ2n) is 2.66. The highest BCUT2D eigenvalue weighted by molar-refractivity contribution is 8.13. The van der Waals surface area contributed by atoms with Gasteiger partial charge in [0.05, 0.1) is 16.3 Å². The Morgan fingerprint density at radius 1 is 1.40 bits per heavy atom. The van der Waals surface area contributed by atoms with Gasteiger partial charge in [-0.2, -0.15) is 0 Å². The van der Waals surface area contributed by atoms with E-state index in [9.17, 15) is 22.3 Å². The Labute approximate surface area is 93.7 Å². The smallest absolute Gasteiger partial charge is 0.237 e. The largest absolute Gasteiger partial charge is 0.506 e. The molecule has 0 heterocycles. The molecule has 0 aliphatic carbocycles. The molecule has 0 radical (unpaired) electrons. The molecule has 1 N–H and O–H groups in total. The summed E-state index contributed by atoms with van der Waals surface area (Å²) < 4.78 is 47.1. The van der Waals surface area contributed by atoms with Crippen LogP contribution in [0.2, 0.25) is 5.02 Å². The molecule has 1 aromatic carbocycles. The number of hydrogen-bond acceptors (Lipinski definition) is 3. The van der Waals surface area contributed by atoms with Crippen LogP contribution in [0.5, 0.6) is 5.75 Å². The SMILES string of the molecule is O=S(=O)(Cl)Cc1c(O)c(Cl)cc(F)c1F. The third-order valence-corrected chi connectivity index (χ3v) is 2.81. The maximum Gasteiger partial charge on any atom is 0.237 e. The van der Waals surface area contributed by atoms with E-state index in [0.717, 1.165) is 0 Å². The first-order valence-corrected chi connectivity index (χ1v) is 6.35. The van der Waals surface area contributed by atoms with Gasteiger partial charge in [0.15, 0.2) is 11.6 Å². The van der Waals surface area contributed by atoms with Gasteiger partial charge < -0.3 is 5.11 Å². The molecule has 0 aliphatic rings. The lowest BCUT2D eigenvalue weighted by Crippen LogP contribution is -2.01.